The molecule has 0 amide bonds. The highest BCUT2D eigenvalue weighted by atomic mass is 16.1. The highest BCUT2D eigenvalue weighted by molar-refractivity contribution is 6.59. The molecule has 3 heteroatoms. The maximum absolute atomic E-state index is 10.3. The molecule has 2 N–H and O–H groups in total. The van der Waals surface area contributed by atoms with Gasteiger partial charge in [-0.15, -0.1) is 0 Å². The third-order valence-corrected chi connectivity index (χ3v) is 1.09. The van der Waals surface area contributed by atoms with Gasteiger partial charge in [0.25, 0.3) is 0 Å². The average Bonchev–Trinajstić information content (AvgIpc) is 1.63. The number of carbonyl (C=O) groups is 1. The molecule has 0 aromatic heterocycles. The fraction of sp³-hybridized carbons (Fsp3) is 0.833. The van der Waals surface area contributed by atoms with Gasteiger partial charge >= 0.3 is 0 Å². The van der Waals surface area contributed by atoms with Gasteiger partial charge in [-0.05, 0) is 12.3 Å². The van der Waals surface area contributed by atoms with Gasteiger partial charge in [0.05, 0.1) is 11.7 Å². The van der Waals surface area contributed by atoms with Crippen LogP contribution in [0, 0.1) is 5.92 Å². The van der Waals surface area contributed by atoms with Crippen molar-refractivity contribution >= 4 is 13.5 Å². The van der Waals surface area contributed by atoms with E-state index in [9.17, 15) is 4.79 Å². The molecule has 0 saturated carbocycles. The molecule has 9 heavy (non-hydrogen) atoms. The van der Waals surface area contributed by atoms with E-state index in [0.717, 1.165) is 0 Å². The van der Waals surface area contributed by atoms with Crippen molar-refractivity contribution in [1.29, 1.82) is 0 Å². The molecule has 1 atom stereocenters. The predicted molar refractivity (Wildman–Crippen MR) is 38.2 cm³/mol. The van der Waals surface area contributed by atoms with Crippen LogP contribution in [0.1, 0.15) is 20.3 Å². The molecule has 0 spiro atoms. The Morgan fingerprint density at radius 1 is 1.67 bits per heavy atom. The summed E-state index contributed by atoms with van der Waals surface area (Å²) in [4.78, 5) is 10.3. The van der Waals surface area contributed by atoms with Crippen molar-refractivity contribution in [2.45, 2.75) is 26.3 Å². The Balaban J connectivity index is 3.50. The molecule has 0 heterocycles. The molecule has 2 nitrogen and oxygen atoms in total. The Hall–Kier alpha value is -0.305. The van der Waals surface area contributed by atoms with Gasteiger partial charge < -0.3 is 10.5 Å². The third-order valence-electron chi connectivity index (χ3n) is 1.09. The fourth-order valence-corrected chi connectivity index (χ4v) is 0.624. The first-order chi connectivity index (χ1) is 4.04. The van der Waals surface area contributed by atoms with E-state index in [2.05, 4.69) is 0 Å². The number of hydrogen-bond acceptors (Lipinski definition) is 2. The zero-order valence-electron chi connectivity index (χ0n) is 5.92. The SMILES string of the molecule is [B]C(=O)[C@@H](N)CC(C)C. The van der Waals surface area contributed by atoms with Crippen LogP contribution < -0.4 is 5.73 Å². The van der Waals surface area contributed by atoms with Gasteiger partial charge in [0, 0.05) is 0 Å². The van der Waals surface area contributed by atoms with E-state index in [4.69, 9.17) is 13.6 Å². The molecular formula is C6H12BNO. The van der Waals surface area contributed by atoms with Crippen LogP contribution in [0.3, 0.4) is 0 Å². The average molecular weight is 125 g/mol. The van der Waals surface area contributed by atoms with Crippen molar-refractivity contribution in [2.75, 3.05) is 0 Å². The zero-order valence-corrected chi connectivity index (χ0v) is 5.92. The number of carbonyl (C=O) groups excluding carboxylic acids is 1. The lowest BCUT2D eigenvalue weighted by Gasteiger charge is -2.09. The molecule has 0 saturated heterocycles. The molecule has 2 radical (unpaired) electrons. The molecule has 0 rings (SSSR count). The van der Waals surface area contributed by atoms with Crippen molar-refractivity contribution in [2.24, 2.45) is 11.7 Å². The van der Waals surface area contributed by atoms with Crippen LogP contribution in [-0.4, -0.2) is 19.6 Å². The lowest BCUT2D eigenvalue weighted by atomic mass is 9.90. The lowest BCUT2D eigenvalue weighted by Crippen LogP contribution is -2.31. The molecule has 0 unspecified atom stereocenters. The van der Waals surface area contributed by atoms with E-state index in [1.54, 1.807) is 0 Å². The summed E-state index contributed by atoms with van der Waals surface area (Å²) in [6, 6.07) is -0.468. The van der Waals surface area contributed by atoms with Crippen LogP contribution in [0.2, 0.25) is 0 Å². The van der Waals surface area contributed by atoms with Crippen molar-refractivity contribution in [1.82, 2.24) is 0 Å². The molecular weight excluding hydrogens is 113 g/mol. The highest BCUT2D eigenvalue weighted by Gasteiger charge is 2.08. The van der Waals surface area contributed by atoms with Crippen LogP contribution in [0.25, 0.3) is 0 Å². The maximum Gasteiger partial charge on any atom is 0.170 e. The summed E-state index contributed by atoms with van der Waals surface area (Å²) in [5.41, 5.74) is 4.93. The molecule has 0 fully saturated rings. The highest BCUT2D eigenvalue weighted by Crippen LogP contribution is 2.01. The molecule has 0 aromatic carbocycles. The Labute approximate surface area is 57.2 Å². The zero-order chi connectivity index (χ0) is 7.44. The smallest absolute Gasteiger partial charge is 0.170 e. The first-order valence-electron chi connectivity index (χ1n) is 3.09. The quantitative estimate of drug-likeness (QED) is 0.541. The standard InChI is InChI=1S/C6H12BNO/c1-4(2)3-5(8)6(7)9/h4-5H,3,8H2,1-2H3/t5-/m0/s1. The minimum absolute atomic E-state index is 0.413. The van der Waals surface area contributed by atoms with Gasteiger partial charge in [-0.25, -0.2) is 0 Å². The van der Waals surface area contributed by atoms with Crippen LogP contribution >= 0.6 is 0 Å². The number of hydrogen-bond donors (Lipinski definition) is 1. The first kappa shape index (κ1) is 8.69. The van der Waals surface area contributed by atoms with Crippen molar-refractivity contribution in [3.05, 3.63) is 0 Å². The minimum Gasteiger partial charge on any atom is -0.322 e. The van der Waals surface area contributed by atoms with Gasteiger partial charge in [0.15, 0.2) is 7.85 Å². The van der Waals surface area contributed by atoms with Gasteiger partial charge in [-0.1, -0.05) is 13.8 Å². The maximum atomic E-state index is 10.3. The largest absolute Gasteiger partial charge is 0.322 e. The molecule has 0 aliphatic heterocycles. The fourth-order valence-electron chi connectivity index (χ4n) is 0.624. The summed E-state index contributed by atoms with van der Waals surface area (Å²) < 4.78 is 0. The Kier molecular flexibility index (Phi) is 3.55. The third kappa shape index (κ3) is 4.21. The molecule has 0 aliphatic rings. The molecule has 0 aromatic rings. The van der Waals surface area contributed by atoms with Crippen molar-refractivity contribution in [3.8, 4) is 0 Å². The molecule has 0 bridgehead atoms. The van der Waals surface area contributed by atoms with Crippen LogP contribution in [0.5, 0.6) is 0 Å². The second kappa shape index (κ2) is 3.67. The summed E-state index contributed by atoms with van der Waals surface area (Å²) in [5.74, 6) is 0.437. The predicted octanol–water partition coefficient (Wildman–Crippen LogP) is 0.0549. The Bertz CT molecular complexity index is 103. The summed E-state index contributed by atoms with van der Waals surface area (Å²) in [6.07, 6.45) is 0.676. The number of rotatable bonds is 3. The van der Waals surface area contributed by atoms with Crippen LogP contribution in [-0.2, 0) is 4.79 Å². The summed E-state index contributed by atoms with van der Waals surface area (Å²) >= 11 is 0. The molecule has 50 valence electrons. The van der Waals surface area contributed by atoms with Gasteiger partial charge in [0.1, 0.15) is 0 Å². The van der Waals surface area contributed by atoms with E-state index in [0.29, 0.717) is 12.3 Å². The van der Waals surface area contributed by atoms with Gasteiger partial charge in [-0.3, -0.25) is 0 Å². The summed E-state index contributed by atoms with van der Waals surface area (Å²) in [7, 11) is 4.92. The van der Waals surface area contributed by atoms with Gasteiger partial charge in [0.2, 0.25) is 0 Å². The normalized spacial score (nSPS) is 13.8. The van der Waals surface area contributed by atoms with Crippen molar-refractivity contribution in [3.63, 3.8) is 0 Å². The van der Waals surface area contributed by atoms with E-state index < -0.39 is 11.7 Å². The second-order valence-corrected chi connectivity index (χ2v) is 2.64. The molecule has 0 aliphatic carbocycles. The topological polar surface area (TPSA) is 43.1 Å². The minimum atomic E-state index is -0.468. The Morgan fingerprint density at radius 3 is 2.22 bits per heavy atom. The number of nitrogens with two attached hydrogens (primary N) is 1. The second-order valence-electron chi connectivity index (χ2n) is 2.64. The van der Waals surface area contributed by atoms with E-state index in [-0.39, 0.29) is 0 Å². The van der Waals surface area contributed by atoms with Crippen molar-refractivity contribution < 1.29 is 4.79 Å². The summed E-state index contributed by atoms with van der Waals surface area (Å²) in [5, 5.41) is 0. The van der Waals surface area contributed by atoms with Crippen LogP contribution in [0.15, 0.2) is 0 Å². The monoisotopic (exact) mass is 125 g/mol. The van der Waals surface area contributed by atoms with E-state index in [1.807, 2.05) is 13.8 Å². The Morgan fingerprint density at radius 2 is 2.11 bits per heavy atom. The van der Waals surface area contributed by atoms with Gasteiger partial charge in [-0.2, -0.15) is 0 Å². The van der Waals surface area contributed by atoms with E-state index >= 15 is 0 Å². The lowest BCUT2D eigenvalue weighted by molar-refractivity contribution is -0.113. The first-order valence-corrected chi connectivity index (χ1v) is 3.09. The summed E-state index contributed by atoms with van der Waals surface area (Å²) in [6.45, 7) is 4.01. The van der Waals surface area contributed by atoms with Crippen LogP contribution in [0.4, 0.5) is 0 Å². The van der Waals surface area contributed by atoms with E-state index in [1.165, 1.54) is 0 Å².